The lowest BCUT2D eigenvalue weighted by atomic mass is 9.76. The number of pyridine rings is 1. The summed E-state index contributed by atoms with van der Waals surface area (Å²) in [6.07, 6.45) is 6.48. The summed E-state index contributed by atoms with van der Waals surface area (Å²) < 4.78 is 0. The van der Waals surface area contributed by atoms with Crippen molar-refractivity contribution in [1.29, 1.82) is 0 Å². The third-order valence-corrected chi connectivity index (χ3v) is 3.37. The average Bonchev–Trinajstić information content (AvgIpc) is 2.37. The van der Waals surface area contributed by atoms with Crippen molar-refractivity contribution in [2.45, 2.75) is 26.7 Å². The number of carbonyl (C=O) groups is 1. The minimum absolute atomic E-state index is 0.0232. The smallest absolute Gasteiger partial charge is 0.166 e. The van der Waals surface area contributed by atoms with Gasteiger partial charge in [0, 0.05) is 30.6 Å². The average molecular weight is 253 g/mol. The van der Waals surface area contributed by atoms with Crippen molar-refractivity contribution < 1.29 is 4.79 Å². The fraction of sp³-hybridized carbons (Fsp3) is 0.333. The maximum Gasteiger partial charge on any atom is 0.166 e. The summed E-state index contributed by atoms with van der Waals surface area (Å²) in [5.41, 5.74) is 2.38. The fourth-order valence-electron chi connectivity index (χ4n) is 2.46. The van der Waals surface area contributed by atoms with Gasteiger partial charge in [-0.1, -0.05) is 13.8 Å². The van der Waals surface area contributed by atoms with E-state index in [0.717, 1.165) is 17.7 Å². The third kappa shape index (κ3) is 2.26. The van der Waals surface area contributed by atoms with E-state index in [1.165, 1.54) is 0 Å². The summed E-state index contributed by atoms with van der Waals surface area (Å²) in [6.45, 7) is 4.19. The van der Waals surface area contributed by atoms with Crippen molar-refractivity contribution in [2.24, 2.45) is 5.41 Å². The van der Waals surface area contributed by atoms with Crippen LogP contribution in [0.2, 0.25) is 0 Å². The number of Topliss-reactive ketones (excluding diaryl/α,β-unsaturated/α-hetero) is 1. The number of fused-ring (bicyclic) bond motifs is 1. The van der Waals surface area contributed by atoms with E-state index in [9.17, 15) is 4.79 Å². The molecule has 0 amide bonds. The largest absolute Gasteiger partial charge is 0.294 e. The molecule has 2 aromatic heterocycles. The molecule has 0 spiro atoms. The van der Waals surface area contributed by atoms with Crippen molar-refractivity contribution in [2.75, 3.05) is 0 Å². The molecule has 0 aliphatic heterocycles. The molecule has 2 aromatic rings. The molecule has 4 heteroatoms. The van der Waals surface area contributed by atoms with Crippen LogP contribution >= 0.6 is 0 Å². The number of carbonyl (C=O) groups excluding carboxylic acids is 1. The summed E-state index contributed by atoms with van der Waals surface area (Å²) >= 11 is 0. The molecule has 96 valence electrons. The van der Waals surface area contributed by atoms with E-state index < -0.39 is 0 Å². The van der Waals surface area contributed by atoms with Crippen LogP contribution in [0, 0.1) is 5.41 Å². The van der Waals surface area contributed by atoms with Crippen LogP contribution in [-0.2, 0) is 6.42 Å². The summed E-state index contributed by atoms with van der Waals surface area (Å²) in [5, 5.41) is 0. The van der Waals surface area contributed by atoms with Gasteiger partial charge in [-0.2, -0.15) is 0 Å². The standard InChI is InChI=1S/C15H15N3O/c1-15(2)6-12-11(13(19)7-15)9-17-14(18-12)10-4-3-5-16-8-10/h3-5,8-9H,6-7H2,1-2H3. The summed E-state index contributed by atoms with van der Waals surface area (Å²) in [4.78, 5) is 25.0. The molecule has 2 heterocycles. The topological polar surface area (TPSA) is 55.7 Å². The van der Waals surface area contributed by atoms with Gasteiger partial charge in [-0.25, -0.2) is 9.97 Å². The highest BCUT2D eigenvalue weighted by molar-refractivity contribution is 5.98. The van der Waals surface area contributed by atoms with E-state index >= 15 is 0 Å². The number of hydrogen-bond acceptors (Lipinski definition) is 4. The second kappa shape index (κ2) is 4.23. The molecule has 0 N–H and O–H groups in total. The zero-order valence-corrected chi connectivity index (χ0v) is 11.1. The number of nitrogens with zero attached hydrogens (tertiary/aromatic N) is 3. The first-order valence-corrected chi connectivity index (χ1v) is 6.35. The Morgan fingerprint density at radius 3 is 2.79 bits per heavy atom. The molecule has 0 aromatic carbocycles. The molecule has 0 unspecified atom stereocenters. The van der Waals surface area contributed by atoms with E-state index in [4.69, 9.17) is 0 Å². The van der Waals surface area contributed by atoms with E-state index in [1.54, 1.807) is 18.6 Å². The Kier molecular flexibility index (Phi) is 2.66. The van der Waals surface area contributed by atoms with Crippen molar-refractivity contribution in [3.8, 4) is 11.4 Å². The Labute approximate surface area is 111 Å². The molecule has 19 heavy (non-hydrogen) atoms. The quantitative estimate of drug-likeness (QED) is 0.784. The van der Waals surface area contributed by atoms with Gasteiger partial charge < -0.3 is 0 Å². The summed E-state index contributed by atoms with van der Waals surface area (Å²) in [7, 11) is 0. The van der Waals surface area contributed by atoms with Crippen molar-refractivity contribution in [3.05, 3.63) is 42.0 Å². The van der Waals surface area contributed by atoms with Gasteiger partial charge in [0.05, 0.1) is 11.3 Å². The SMILES string of the molecule is CC1(C)CC(=O)c2cnc(-c3cccnc3)nc2C1. The predicted molar refractivity (Wildman–Crippen MR) is 71.7 cm³/mol. The lowest BCUT2D eigenvalue weighted by Gasteiger charge is -2.29. The first kappa shape index (κ1) is 12.0. The van der Waals surface area contributed by atoms with Crippen LogP contribution in [0.25, 0.3) is 11.4 Å². The Bertz CT molecular complexity index is 635. The van der Waals surface area contributed by atoms with Gasteiger partial charge in [0.25, 0.3) is 0 Å². The minimum atomic E-state index is -0.0232. The van der Waals surface area contributed by atoms with Gasteiger partial charge in [-0.3, -0.25) is 9.78 Å². The van der Waals surface area contributed by atoms with Crippen LogP contribution in [-0.4, -0.2) is 20.7 Å². The lowest BCUT2D eigenvalue weighted by Crippen LogP contribution is -2.28. The molecule has 0 fully saturated rings. The molecular formula is C15H15N3O. The highest BCUT2D eigenvalue weighted by atomic mass is 16.1. The highest BCUT2D eigenvalue weighted by Gasteiger charge is 2.32. The number of ketones is 1. The summed E-state index contributed by atoms with van der Waals surface area (Å²) in [6, 6.07) is 3.78. The first-order valence-electron chi connectivity index (χ1n) is 6.35. The second-order valence-corrected chi connectivity index (χ2v) is 5.74. The lowest BCUT2D eigenvalue weighted by molar-refractivity contribution is 0.0910. The van der Waals surface area contributed by atoms with Crippen LogP contribution in [0.1, 0.15) is 36.3 Å². The maximum absolute atomic E-state index is 12.1. The molecule has 0 atom stereocenters. The van der Waals surface area contributed by atoms with Crippen LogP contribution < -0.4 is 0 Å². The number of aromatic nitrogens is 3. The van der Waals surface area contributed by atoms with Crippen molar-refractivity contribution in [1.82, 2.24) is 15.0 Å². The molecule has 4 nitrogen and oxygen atoms in total. The van der Waals surface area contributed by atoms with Crippen molar-refractivity contribution in [3.63, 3.8) is 0 Å². The van der Waals surface area contributed by atoms with E-state index in [1.807, 2.05) is 12.1 Å². The second-order valence-electron chi connectivity index (χ2n) is 5.74. The fourth-order valence-corrected chi connectivity index (χ4v) is 2.46. The Morgan fingerprint density at radius 1 is 1.21 bits per heavy atom. The molecule has 0 bridgehead atoms. The van der Waals surface area contributed by atoms with Gasteiger partial charge in [0.15, 0.2) is 11.6 Å². The minimum Gasteiger partial charge on any atom is -0.294 e. The normalized spacial score (nSPS) is 17.1. The Balaban J connectivity index is 2.07. The van der Waals surface area contributed by atoms with Gasteiger partial charge >= 0.3 is 0 Å². The molecule has 1 aliphatic rings. The van der Waals surface area contributed by atoms with E-state index in [2.05, 4.69) is 28.8 Å². The molecule has 0 radical (unpaired) electrons. The van der Waals surface area contributed by atoms with E-state index in [-0.39, 0.29) is 11.2 Å². The number of rotatable bonds is 1. The monoisotopic (exact) mass is 253 g/mol. The van der Waals surface area contributed by atoms with Crippen LogP contribution in [0.5, 0.6) is 0 Å². The molecule has 3 rings (SSSR count). The number of hydrogen-bond donors (Lipinski definition) is 0. The van der Waals surface area contributed by atoms with Crippen LogP contribution in [0.15, 0.2) is 30.7 Å². The Hall–Kier alpha value is -2.10. The van der Waals surface area contributed by atoms with Crippen LogP contribution in [0.3, 0.4) is 0 Å². The van der Waals surface area contributed by atoms with Crippen LogP contribution in [0.4, 0.5) is 0 Å². The van der Waals surface area contributed by atoms with Gasteiger partial charge in [0.1, 0.15) is 0 Å². The molecule has 0 saturated heterocycles. The summed E-state index contributed by atoms with van der Waals surface area (Å²) in [5.74, 6) is 0.779. The molecule has 0 saturated carbocycles. The third-order valence-electron chi connectivity index (χ3n) is 3.37. The maximum atomic E-state index is 12.1. The zero-order valence-electron chi connectivity index (χ0n) is 11.1. The zero-order chi connectivity index (χ0) is 13.5. The van der Waals surface area contributed by atoms with Gasteiger partial charge in [-0.15, -0.1) is 0 Å². The molecule has 1 aliphatic carbocycles. The van der Waals surface area contributed by atoms with E-state index in [0.29, 0.717) is 17.8 Å². The predicted octanol–water partition coefficient (Wildman–Crippen LogP) is 2.69. The molecular weight excluding hydrogens is 238 g/mol. The Morgan fingerprint density at radius 2 is 2.05 bits per heavy atom. The van der Waals surface area contributed by atoms with Gasteiger partial charge in [-0.05, 0) is 24.0 Å². The van der Waals surface area contributed by atoms with Gasteiger partial charge in [0.2, 0.25) is 0 Å². The highest BCUT2D eigenvalue weighted by Crippen LogP contribution is 2.34. The first-order chi connectivity index (χ1) is 9.05. The van der Waals surface area contributed by atoms with Crippen molar-refractivity contribution >= 4 is 5.78 Å².